The second-order valence-corrected chi connectivity index (χ2v) is 4.19. The number of nitrogens with one attached hydrogen (secondary N) is 1. The minimum Gasteiger partial charge on any atom is -0.396 e. The summed E-state index contributed by atoms with van der Waals surface area (Å²) in [5, 5.41) is 3.13. The summed E-state index contributed by atoms with van der Waals surface area (Å²) in [7, 11) is 1.73. The number of benzene rings is 1. The maximum atomic E-state index is 11.3. The second-order valence-electron chi connectivity index (χ2n) is 4.19. The average molecular weight is 256 g/mol. The fraction of sp³-hybridized carbons (Fsp3) is 0.143. The Labute approximate surface area is 112 Å². The van der Waals surface area contributed by atoms with E-state index in [2.05, 4.69) is 10.3 Å². The molecule has 0 spiro atoms. The third-order valence-electron chi connectivity index (χ3n) is 2.81. The zero-order valence-electron chi connectivity index (χ0n) is 10.9. The number of nitrogen functional groups attached to an aromatic ring is 1. The molecule has 0 aliphatic rings. The molecule has 2 aromatic rings. The van der Waals surface area contributed by atoms with Crippen molar-refractivity contribution < 1.29 is 4.79 Å². The van der Waals surface area contributed by atoms with Crippen LogP contribution in [0, 0.1) is 0 Å². The number of anilines is 4. The molecule has 5 heteroatoms. The van der Waals surface area contributed by atoms with Crippen molar-refractivity contribution in [3.05, 3.63) is 42.6 Å². The molecule has 0 bridgehead atoms. The predicted molar refractivity (Wildman–Crippen MR) is 77.5 cm³/mol. The molecule has 2 rings (SSSR count). The lowest BCUT2D eigenvalue weighted by molar-refractivity contribution is -0.116. The molecule has 1 aromatic carbocycles. The quantitative estimate of drug-likeness (QED) is 0.884. The maximum Gasteiger partial charge on any atom is 0.223 e. The number of rotatable bonds is 3. The Morgan fingerprint density at radius 2 is 2.11 bits per heavy atom. The van der Waals surface area contributed by atoms with Crippen LogP contribution < -0.4 is 16.0 Å². The molecular weight excluding hydrogens is 240 g/mol. The fourth-order valence-electron chi connectivity index (χ4n) is 1.63. The van der Waals surface area contributed by atoms with Gasteiger partial charge in [-0.15, -0.1) is 0 Å². The summed E-state index contributed by atoms with van der Waals surface area (Å²) in [6.45, 7) is 1.52. The number of hydrogen-bond acceptors (Lipinski definition) is 4. The van der Waals surface area contributed by atoms with Crippen LogP contribution in [0.5, 0.6) is 0 Å². The Bertz CT molecular complexity index is 598. The molecule has 0 atom stereocenters. The molecule has 1 heterocycles. The van der Waals surface area contributed by atoms with E-state index in [-0.39, 0.29) is 5.91 Å². The molecule has 0 saturated heterocycles. The second kappa shape index (κ2) is 5.39. The lowest BCUT2D eigenvalue weighted by Crippen LogP contribution is -2.22. The Hall–Kier alpha value is -2.56. The first-order chi connectivity index (χ1) is 9.08. The smallest absolute Gasteiger partial charge is 0.223 e. The number of pyridine rings is 1. The van der Waals surface area contributed by atoms with Gasteiger partial charge in [-0.2, -0.15) is 0 Å². The van der Waals surface area contributed by atoms with Crippen molar-refractivity contribution in [3.63, 3.8) is 0 Å². The SMILES string of the molecule is CC(=O)N(C)c1cccc(Nc2ncccc2N)c1. The van der Waals surface area contributed by atoms with E-state index in [1.807, 2.05) is 24.3 Å². The molecule has 0 radical (unpaired) electrons. The highest BCUT2D eigenvalue weighted by Crippen LogP contribution is 2.23. The van der Waals surface area contributed by atoms with Crippen molar-refractivity contribution in [1.82, 2.24) is 4.98 Å². The highest BCUT2D eigenvalue weighted by atomic mass is 16.2. The minimum absolute atomic E-state index is 0.0190. The highest BCUT2D eigenvalue weighted by Gasteiger charge is 2.06. The summed E-state index contributed by atoms with van der Waals surface area (Å²) >= 11 is 0. The van der Waals surface area contributed by atoms with Crippen LogP contribution in [0.2, 0.25) is 0 Å². The standard InChI is InChI=1S/C14H16N4O/c1-10(19)18(2)12-6-3-5-11(9-12)17-14-13(15)7-4-8-16-14/h3-9H,15H2,1-2H3,(H,16,17). The van der Waals surface area contributed by atoms with E-state index in [0.29, 0.717) is 11.5 Å². The summed E-state index contributed by atoms with van der Waals surface area (Å²) in [4.78, 5) is 17.1. The van der Waals surface area contributed by atoms with E-state index < -0.39 is 0 Å². The molecule has 1 amide bonds. The van der Waals surface area contributed by atoms with Gasteiger partial charge >= 0.3 is 0 Å². The van der Waals surface area contributed by atoms with Gasteiger partial charge in [0.25, 0.3) is 0 Å². The molecule has 19 heavy (non-hydrogen) atoms. The van der Waals surface area contributed by atoms with Crippen LogP contribution in [0.4, 0.5) is 22.9 Å². The van der Waals surface area contributed by atoms with Gasteiger partial charge in [0.1, 0.15) is 0 Å². The Morgan fingerprint density at radius 1 is 1.32 bits per heavy atom. The molecular formula is C14H16N4O. The zero-order valence-corrected chi connectivity index (χ0v) is 10.9. The lowest BCUT2D eigenvalue weighted by atomic mass is 10.2. The Morgan fingerprint density at radius 3 is 2.79 bits per heavy atom. The average Bonchev–Trinajstić information content (AvgIpc) is 2.41. The predicted octanol–water partition coefficient (Wildman–Crippen LogP) is 2.39. The van der Waals surface area contributed by atoms with Gasteiger partial charge in [0, 0.05) is 31.5 Å². The molecule has 3 N–H and O–H groups in total. The van der Waals surface area contributed by atoms with Crippen molar-refractivity contribution in [3.8, 4) is 0 Å². The first-order valence-electron chi connectivity index (χ1n) is 5.90. The summed E-state index contributed by atoms with van der Waals surface area (Å²) in [5.41, 5.74) is 8.04. The molecule has 0 aliphatic carbocycles. The van der Waals surface area contributed by atoms with Crippen LogP contribution in [0.3, 0.4) is 0 Å². The monoisotopic (exact) mass is 256 g/mol. The number of carbonyl (C=O) groups is 1. The van der Waals surface area contributed by atoms with Crippen molar-refractivity contribution >= 4 is 28.8 Å². The van der Waals surface area contributed by atoms with E-state index >= 15 is 0 Å². The van der Waals surface area contributed by atoms with E-state index in [4.69, 9.17) is 5.73 Å². The third kappa shape index (κ3) is 3.01. The Balaban J connectivity index is 2.25. The largest absolute Gasteiger partial charge is 0.396 e. The third-order valence-corrected chi connectivity index (χ3v) is 2.81. The summed E-state index contributed by atoms with van der Waals surface area (Å²) in [5.74, 6) is 0.583. The van der Waals surface area contributed by atoms with Gasteiger partial charge in [-0.05, 0) is 30.3 Å². The number of carbonyl (C=O) groups excluding carboxylic acids is 1. The molecule has 5 nitrogen and oxygen atoms in total. The van der Waals surface area contributed by atoms with Crippen molar-refractivity contribution in [2.45, 2.75) is 6.92 Å². The summed E-state index contributed by atoms with van der Waals surface area (Å²) in [6, 6.07) is 11.1. The first kappa shape index (κ1) is 12.9. The molecule has 0 fully saturated rings. The molecule has 0 unspecified atom stereocenters. The number of amides is 1. The van der Waals surface area contributed by atoms with Gasteiger partial charge in [0.2, 0.25) is 5.91 Å². The first-order valence-corrected chi connectivity index (χ1v) is 5.90. The van der Waals surface area contributed by atoms with Crippen molar-refractivity contribution in [1.29, 1.82) is 0 Å². The van der Waals surface area contributed by atoms with E-state index in [1.165, 1.54) is 6.92 Å². The van der Waals surface area contributed by atoms with Gasteiger partial charge in [-0.25, -0.2) is 4.98 Å². The van der Waals surface area contributed by atoms with Crippen LogP contribution in [-0.4, -0.2) is 17.9 Å². The number of aromatic nitrogens is 1. The molecule has 1 aromatic heterocycles. The zero-order chi connectivity index (χ0) is 13.8. The summed E-state index contributed by atoms with van der Waals surface area (Å²) < 4.78 is 0. The van der Waals surface area contributed by atoms with Gasteiger partial charge in [-0.1, -0.05) is 6.07 Å². The number of hydrogen-bond donors (Lipinski definition) is 2. The van der Waals surface area contributed by atoms with Crippen LogP contribution in [0.25, 0.3) is 0 Å². The van der Waals surface area contributed by atoms with E-state index in [1.54, 1.807) is 30.3 Å². The summed E-state index contributed by atoms with van der Waals surface area (Å²) in [6.07, 6.45) is 1.67. The number of nitrogens with zero attached hydrogens (tertiary/aromatic N) is 2. The number of nitrogens with two attached hydrogens (primary N) is 1. The van der Waals surface area contributed by atoms with Crippen molar-refractivity contribution in [2.24, 2.45) is 0 Å². The van der Waals surface area contributed by atoms with E-state index in [9.17, 15) is 4.79 Å². The maximum absolute atomic E-state index is 11.3. The van der Waals surface area contributed by atoms with Gasteiger partial charge in [0.15, 0.2) is 5.82 Å². The van der Waals surface area contributed by atoms with E-state index in [0.717, 1.165) is 11.4 Å². The topological polar surface area (TPSA) is 71.2 Å². The van der Waals surface area contributed by atoms with Crippen LogP contribution in [0.1, 0.15) is 6.92 Å². The highest BCUT2D eigenvalue weighted by molar-refractivity contribution is 5.91. The lowest BCUT2D eigenvalue weighted by Gasteiger charge is -2.16. The molecule has 98 valence electrons. The van der Waals surface area contributed by atoms with Crippen LogP contribution in [-0.2, 0) is 4.79 Å². The van der Waals surface area contributed by atoms with Crippen molar-refractivity contribution in [2.75, 3.05) is 23.0 Å². The van der Waals surface area contributed by atoms with Crippen LogP contribution in [0.15, 0.2) is 42.6 Å². The molecule has 0 aliphatic heterocycles. The molecule has 0 saturated carbocycles. The Kier molecular flexibility index (Phi) is 3.66. The minimum atomic E-state index is -0.0190. The normalized spacial score (nSPS) is 10.0. The van der Waals surface area contributed by atoms with Gasteiger partial charge < -0.3 is 16.0 Å². The van der Waals surface area contributed by atoms with Crippen LogP contribution >= 0.6 is 0 Å². The van der Waals surface area contributed by atoms with Gasteiger partial charge in [-0.3, -0.25) is 4.79 Å². The van der Waals surface area contributed by atoms with Gasteiger partial charge in [0.05, 0.1) is 5.69 Å². The fourth-order valence-corrected chi connectivity index (χ4v) is 1.63.